The van der Waals surface area contributed by atoms with Gasteiger partial charge in [-0.1, -0.05) is 11.6 Å². The molecule has 0 aromatic heterocycles. The highest BCUT2D eigenvalue weighted by Gasteiger charge is 2.22. The van der Waals surface area contributed by atoms with Gasteiger partial charge in [-0.25, -0.2) is 4.39 Å². The number of nitrogens with one attached hydrogen (secondary N) is 1. The normalized spacial score (nSPS) is 11.8. The minimum Gasteiger partial charge on any atom is -0.368 e. The summed E-state index contributed by atoms with van der Waals surface area (Å²) in [6, 6.07) is 1.11. The Kier molecular flexibility index (Phi) is 5.26. The van der Waals surface area contributed by atoms with Gasteiger partial charge in [-0.05, 0) is 13.8 Å². The summed E-state index contributed by atoms with van der Waals surface area (Å²) in [4.78, 5) is 23.6. The molecule has 20 heavy (non-hydrogen) atoms. The van der Waals surface area contributed by atoms with E-state index in [9.17, 15) is 19.3 Å². The summed E-state index contributed by atoms with van der Waals surface area (Å²) in [5, 5.41) is 13.2. The van der Waals surface area contributed by atoms with Crippen LogP contribution in [-0.4, -0.2) is 35.4 Å². The molecule has 0 saturated carbocycles. The zero-order valence-electron chi connectivity index (χ0n) is 11.3. The highest BCUT2D eigenvalue weighted by molar-refractivity contribution is 6.31. The average Bonchev–Trinajstić information content (AvgIpc) is 2.40. The summed E-state index contributed by atoms with van der Waals surface area (Å²) in [5.74, 6) is -1.04. The van der Waals surface area contributed by atoms with E-state index in [1.54, 1.807) is 20.9 Å². The highest BCUT2D eigenvalue weighted by atomic mass is 35.5. The number of rotatable bonds is 5. The number of anilines is 1. The first-order valence-electron chi connectivity index (χ1n) is 5.92. The fourth-order valence-corrected chi connectivity index (χ4v) is 1.74. The molecule has 1 aromatic carbocycles. The first-order chi connectivity index (χ1) is 9.27. The van der Waals surface area contributed by atoms with Crippen molar-refractivity contribution in [3.05, 3.63) is 33.1 Å². The number of benzene rings is 1. The largest absolute Gasteiger partial charge is 0.368 e. The van der Waals surface area contributed by atoms with E-state index in [4.69, 9.17) is 11.6 Å². The molecule has 1 aromatic rings. The van der Waals surface area contributed by atoms with Gasteiger partial charge in [0, 0.05) is 25.7 Å². The molecule has 6 nitrogen and oxygen atoms in total. The smallest absolute Gasteiger partial charge is 0.294 e. The first kappa shape index (κ1) is 16.2. The third kappa shape index (κ3) is 3.57. The highest BCUT2D eigenvalue weighted by Crippen LogP contribution is 2.30. The summed E-state index contributed by atoms with van der Waals surface area (Å²) in [5.41, 5.74) is -0.461. The molecule has 1 atom stereocenters. The second kappa shape index (κ2) is 6.51. The third-order valence-corrected chi connectivity index (χ3v) is 3.12. The number of likely N-dealkylation sites (N-methyl/N-ethyl adjacent to an activating group) is 1. The molecule has 0 aliphatic rings. The van der Waals surface area contributed by atoms with Crippen molar-refractivity contribution >= 4 is 28.9 Å². The Labute approximate surface area is 120 Å². The van der Waals surface area contributed by atoms with Crippen LogP contribution in [0.3, 0.4) is 0 Å². The first-order valence-corrected chi connectivity index (χ1v) is 6.30. The second-order valence-electron chi connectivity index (χ2n) is 4.26. The van der Waals surface area contributed by atoms with Crippen LogP contribution in [0.15, 0.2) is 12.1 Å². The average molecular weight is 304 g/mol. The molecule has 0 spiro atoms. The molecule has 1 N–H and O–H groups in total. The van der Waals surface area contributed by atoms with E-state index in [1.807, 2.05) is 0 Å². The van der Waals surface area contributed by atoms with E-state index in [-0.39, 0.29) is 22.3 Å². The number of nitrogens with zero attached hydrogens (tertiary/aromatic N) is 2. The second-order valence-corrected chi connectivity index (χ2v) is 4.67. The standard InChI is InChI=1S/C12H15ClFN3O3/c1-4-16(3)12(18)7(2)15-10-6-9(14)8(13)5-11(10)17(19)20/h5-7,15H,4H2,1-3H3. The molecule has 0 saturated heterocycles. The zero-order chi connectivity index (χ0) is 15.4. The molecule has 0 heterocycles. The van der Waals surface area contributed by atoms with Crippen molar-refractivity contribution < 1.29 is 14.1 Å². The lowest BCUT2D eigenvalue weighted by atomic mass is 10.2. The molecular formula is C12H15ClFN3O3. The molecule has 110 valence electrons. The van der Waals surface area contributed by atoms with Crippen LogP contribution >= 0.6 is 11.6 Å². The van der Waals surface area contributed by atoms with Gasteiger partial charge < -0.3 is 10.2 Å². The van der Waals surface area contributed by atoms with Crippen LogP contribution in [0.4, 0.5) is 15.8 Å². The number of nitro benzene ring substituents is 1. The predicted octanol–water partition coefficient (Wildman–Crippen LogP) is 2.67. The lowest BCUT2D eigenvalue weighted by molar-refractivity contribution is -0.384. The Balaban J connectivity index is 3.05. The SMILES string of the molecule is CCN(C)C(=O)C(C)Nc1cc(F)c(Cl)cc1[N+](=O)[O-]. The van der Waals surface area contributed by atoms with Crippen molar-refractivity contribution in [2.24, 2.45) is 0 Å². The van der Waals surface area contributed by atoms with Crippen molar-refractivity contribution in [3.8, 4) is 0 Å². The number of amides is 1. The monoisotopic (exact) mass is 303 g/mol. The summed E-state index contributed by atoms with van der Waals surface area (Å²) in [6.07, 6.45) is 0. The van der Waals surface area contributed by atoms with Crippen LogP contribution in [0.2, 0.25) is 5.02 Å². The molecule has 0 aliphatic heterocycles. The molecule has 8 heteroatoms. The molecule has 0 bridgehead atoms. The third-order valence-electron chi connectivity index (χ3n) is 2.83. The summed E-state index contributed by atoms with van der Waals surface area (Å²) in [7, 11) is 1.61. The van der Waals surface area contributed by atoms with Crippen molar-refractivity contribution in [1.29, 1.82) is 0 Å². The Morgan fingerprint density at radius 1 is 1.60 bits per heavy atom. The Morgan fingerprint density at radius 3 is 2.70 bits per heavy atom. The summed E-state index contributed by atoms with van der Waals surface area (Å²) < 4.78 is 13.4. The maximum Gasteiger partial charge on any atom is 0.294 e. The number of nitro groups is 1. The van der Waals surface area contributed by atoms with Gasteiger partial charge in [-0.3, -0.25) is 14.9 Å². The summed E-state index contributed by atoms with van der Waals surface area (Å²) in [6.45, 7) is 3.85. The summed E-state index contributed by atoms with van der Waals surface area (Å²) >= 11 is 5.52. The van der Waals surface area contributed by atoms with Gasteiger partial charge in [0.25, 0.3) is 5.69 Å². The van der Waals surface area contributed by atoms with Gasteiger partial charge in [0.2, 0.25) is 5.91 Å². The predicted molar refractivity (Wildman–Crippen MR) is 74.5 cm³/mol. The Morgan fingerprint density at radius 2 is 2.20 bits per heavy atom. The Hall–Kier alpha value is -1.89. The topological polar surface area (TPSA) is 75.5 Å². The van der Waals surface area contributed by atoms with Gasteiger partial charge in [-0.2, -0.15) is 0 Å². The van der Waals surface area contributed by atoms with E-state index in [2.05, 4.69) is 5.32 Å². The van der Waals surface area contributed by atoms with Gasteiger partial charge in [0.05, 0.1) is 9.95 Å². The molecule has 0 aliphatic carbocycles. The lowest BCUT2D eigenvalue weighted by Crippen LogP contribution is -2.38. The van der Waals surface area contributed by atoms with E-state index >= 15 is 0 Å². The van der Waals surface area contributed by atoms with Crippen LogP contribution in [0.5, 0.6) is 0 Å². The quantitative estimate of drug-likeness (QED) is 0.670. The van der Waals surface area contributed by atoms with E-state index < -0.39 is 16.8 Å². The zero-order valence-corrected chi connectivity index (χ0v) is 12.1. The van der Waals surface area contributed by atoms with Crippen molar-refractivity contribution in [3.63, 3.8) is 0 Å². The number of carbonyl (C=O) groups is 1. The minimum atomic E-state index is -0.789. The van der Waals surface area contributed by atoms with Crippen LogP contribution < -0.4 is 5.32 Å². The van der Waals surface area contributed by atoms with Crippen LogP contribution in [0, 0.1) is 15.9 Å². The van der Waals surface area contributed by atoms with Crippen molar-refractivity contribution in [1.82, 2.24) is 4.90 Å². The van der Waals surface area contributed by atoms with Crippen LogP contribution in [0.1, 0.15) is 13.8 Å². The molecule has 1 unspecified atom stereocenters. The van der Waals surface area contributed by atoms with Crippen molar-refractivity contribution in [2.45, 2.75) is 19.9 Å². The fraction of sp³-hybridized carbons (Fsp3) is 0.417. The molecule has 1 amide bonds. The molecule has 1 rings (SSSR count). The molecule has 0 fully saturated rings. The number of hydrogen-bond acceptors (Lipinski definition) is 4. The molecule has 0 radical (unpaired) electrons. The minimum absolute atomic E-state index is 0.0812. The lowest BCUT2D eigenvalue weighted by Gasteiger charge is -2.21. The fourth-order valence-electron chi connectivity index (χ4n) is 1.58. The van der Waals surface area contributed by atoms with Gasteiger partial charge >= 0.3 is 0 Å². The maximum absolute atomic E-state index is 13.4. The molecular weight excluding hydrogens is 289 g/mol. The van der Waals surface area contributed by atoms with Gasteiger partial charge in [0.15, 0.2) is 0 Å². The van der Waals surface area contributed by atoms with Crippen LogP contribution in [-0.2, 0) is 4.79 Å². The van der Waals surface area contributed by atoms with Crippen LogP contribution in [0.25, 0.3) is 0 Å². The van der Waals surface area contributed by atoms with Gasteiger partial charge in [-0.15, -0.1) is 0 Å². The number of hydrogen-bond donors (Lipinski definition) is 1. The van der Waals surface area contributed by atoms with E-state index in [0.717, 1.165) is 12.1 Å². The van der Waals surface area contributed by atoms with E-state index in [0.29, 0.717) is 6.54 Å². The van der Waals surface area contributed by atoms with Gasteiger partial charge in [0.1, 0.15) is 17.5 Å². The number of carbonyl (C=O) groups excluding carboxylic acids is 1. The Bertz CT molecular complexity index is 539. The van der Waals surface area contributed by atoms with E-state index in [1.165, 1.54) is 4.90 Å². The van der Waals surface area contributed by atoms with Crippen molar-refractivity contribution in [2.75, 3.05) is 18.9 Å². The number of halogens is 2. The maximum atomic E-state index is 13.4.